The molecule has 0 bridgehead atoms. The first-order valence-electron chi connectivity index (χ1n) is 6.96. The van der Waals surface area contributed by atoms with Gasteiger partial charge >= 0.3 is 0 Å². The smallest absolute Gasteiger partial charge is 0.158 e. The van der Waals surface area contributed by atoms with Gasteiger partial charge in [-0.25, -0.2) is 0 Å². The van der Waals surface area contributed by atoms with E-state index < -0.39 is 0 Å². The molecule has 3 rings (SSSR count). The number of aromatic nitrogens is 1. The summed E-state index contributed by atoms with van der Waals surface area (Å²) < 4.78 is 2.20. The van der Waals surface area contributed by atoms with Crippen molar-refractivity contribution in [3.63, 3.8) is 0 Å². The number of nitrogens with zero attached hydrogens (tertiary/aromatic N) is 1. The fourth-order valence-electron chi connectivity index (χ4n) is 2.96. The van der Waals surface area contributed by atoms with Crippen LogP contribution in [-0.4, -0.2) is 10.4 Å². The normalized spacial score (nSPS) is 18.4. The average Bonchev–Trinajstić information content (AvgIpc) is 2.67. The van der Waals surface area contributed by atoms with Crippen LogP contribution in [0.3, 0.4) is 0 Å². The first kappa shape index (κ1) is 12.2. The number of para-hydroxylation sites is 1. The summed E-state index contributed by atoms with van der Waals surface area (Å²) in [5.74, 6) is 0.332. The van der Waals surface area contributed by atoms with E-state index in [1.54, 1.807) is 0 Å². The van der Waals surface area contributed by atoms with Crippen LogP contribution in [0.15, 0.2) is 29.8 Å². The minimum Gasteiger partial charge on any atom is -0.347 e. The highest BCUT2D eigenvalue weighted by Gasteiger charge is 2.17. The highest BCUT2D eigenvalue weighted by atomic mass is 16.1. The maximum atomic E-state index is 12.0. The number of aryl methyl sites for hydroxylation is 1. The first-order valence-corrected chi connectivity index (χ1v) is 6.96. The van der Waals surface area contributed by atoms with Crippen LogP contribution >= 0.6 is 0 Å². The van der Waals surface area contributed by atoms with E-state index in [1.807, 2.05) is 0 Å². The first-order chi connectivity index (χ1) is 9.18. The molecule has 1 aliphatic carbocycles. The average molecular weight is 253 g/mol. The number of rotatable bonds is 1. The molecule has 0 radical (unpaired) electrons. The Bertz CT molecular complexity index is 676. The fourth-order valence-corrected chi connectivity index (χ4v) is 2.96. The Labute approximate surface area is 113 Å². The number of Topliss-reactive ketones (excluding diaryl/α,β-unsaturated/α-hetero) is 1. The van der Waals surface area contributed by atoms with Crippen molar-refractivity contribution in [1.29, 1.82) is 0 Å². The van der Waals surface area contributed by atoms with Crippen LogP contribution in [0, 0.1) is 6.92 Å². The molecule has 0 atom stereocenters. The molecule has 19 heavy (non-hydrogen) atoms. The van der Waals surface area contributed by atoms with Crippen LogP contribution < -0.4 is 0 Å². The maximum absolute atomic E-state index is 12.0. The quantitative estimate of drug-likeness (QED) is 0.704. The third-order valence-corrected chi connectivity index (χ3v) is 4.23. The lowest BCUT2D eigenvalue weighted by Crippen LogP contribution is -2.08. The Morgan fingerprint density at radius 1 is 1.16 bits per heavy atom. The molecule has 1 aromatic heterocycles. The Morgan fingerprint density at radius 2 is 1.89 bits per heavy atom. The summed E-state index contributed by atoms with van der Waals surface area (Å²) in [6.45, 7) is 2.12. The molecule has 98 valence electrons. The van der Waals surface area contributed by atoms with Gasteiger partial charge in [0.2, 0.25) is 0 Å². The number of ketones is 1. The van der Waals surface area contributed by atoms with E-state index in [9.17, 15) is 4.79 Å². The minimum atomic E-state index is 0.332. The van der Waals surface area contributed by atoms with Gasteiger partial charge in [0.15, 0.2) is 5.78 Å². The molecular formula is C17H19NO. The van der Waals surface area contributed by atoms with E-state index >= 15 is 0 Å². The molecule has 0 spiro atoms. The number of carbonyl (C=O) groups excluding carboxylic acids is 1. The predicted octanol–water partition coefficient (Wildman–Crippen LogP) is 4.01. The molecule has 1 heterocycles. The van der Waals surface area contributed by atoms with E-state index in [1.165, 1.54) is 22.2 Å². The number of fused-ring (bicyclic) bond motifs is 1. The van der Waals surface area contributed by atoms with Crippen molar-refractivity contribution < 1.29 is 4.79 Å². The van der Waals surface area contributed by atoms with Crippen molar-refractivity contribution >= 4 is 22.8 Å². The van der Waals surface area contributed by atoms with Gasteiger partial charge in [0.1, 0.15) is 0 Å². The van der Waals surface area contributed by atoms with Crippen LogP contribution in [-0.2, 0) is 11.8 Å². The molecule has 2 heteroatoms. The second kappa shape index (κ2) is 4.69. The van der Waals surface area contributed by atoms with Crippen molar-refractivity contribution in [2.45, 2.75) is 32.6 Å². The molecule has 0 aliphatic heterocycles. The van der Waals surface area contributed by atoms with Crippen LogP contribution in [0.25, 0.3) is 17.0 Å². The van der Waals surface area contributed by atoms with Crippen LogP contribution in [0.2, 0.25) is 0 Å². The Balaban J connectivity index is 2.17. The topological polar surface area (TPSA) is 22.0 Å². The van der Waals surface area contributed by atoms with Crippen molar-refractivity contribution in [1.82, 2.24) is 4.57 Å². The molecule has 1 aromatic carbocycles. The highest BCUT2D eigenvalue weighted by Crippen LogP contribution is 2.29. The molecule has 1 aliphatic rings. The zero-order valence-electron chi connectivity index (χ0n) is 11.6. The summed E-state index contributed by atoms with van der Waals surface area (Å²) in [6, 6.07) is 8.39. The lowest BCUT2D eigenvalue weighted by molar-refractivity contribution is -0.116. The standard InChI is InChI=1S/C17H19NO/c1-12-15(11-13-7-3-6-10-17(13)19)14-8-4-5-9-16(14)18(12)2/h4-5,8-9,11H,3,6-7,10H2,1-2H3. The monoisotopic (exact) mass is 253 g/mol. The molecule has 2 aromatic rings. The van der Waals surface area contributed by atoms with E-state index in [-0.39, 0.29) is 0 Å². The summed E-state index contributed by atoms with van der Waals surface area (Å²) in [7, 11) is 2.09. The van der Waals surface area contributed by atoms with Crippen LogP contribution in [0.5, 0.6) is 0 Å². The van der Waals surface area contributed by atoms with Crippen molar-refractivity contribution in [2.24, 2.45) is 7.05 Å². The number of benzene rings is 1. The third kappa shape index (κ3) is 2.01. The highest BCUT2D eigenvalue weighted by molar-refractivity contribution is 6.03. The van der Waals surface area contributed by atoms with Gasteiger partial charge in [-0.05, 0) is 43.9 Å². The second-order valence-corrected chi connectivity index (χ2v) is 5.38. The van der Waals surface area contributed by atoms with Gasteiger partial charge in [0, 0.05) is 35.6 Å². The summed E-state index contributed by atoms with van der Waals surface area (Å²) in [4.78, 5) is 12.0. The lowest BCUT2D eigenvalue weighted by atomic mass is 9.91. The molecule has 1 fully saturated rings. The minimum absolute atomic E-state index is 0.332. The molecule has 0 amide bonds. The van der Waals surface area contributed by atoms with Gasteiger partial charge < -0.3 is 4.57 Å². The lowest BCUT2D eigenvalue weighted by Gasteiger charge is -2.12. The largest absolute Gasteiger partial charge is 0.347 e. The second-order valence-electron chi connectivity index (χ2n) is 5.38. The fraction of sp³-hybridized carbons (Fsp3) is 0.353. The van der Waals surface area contributed by atoms with Crippen molar-refractivity contribution in [3.05, 3.63) is 41.1 Å². The summed E-state index contributed by atoms with van der Waals surface area (Å²) in [5.41, 5.74) is 4.68. The summed E-state index contributed by atoms with van der Waals surface area (Å²) in [5, 5.41) is 1.24. The van der Waals surface area contributed by atoms with Crippen molar-refractivity contribution in [3.8, 4) is 0 Å². The van der Waals surface area contributed by atoms with E-state index in [2.05, 4.69) is 48.9 Å². The molecule has 2 nitrogen and oxygen atoms in total. The van der Waals surface area contributed by atoms with E-state index in [0.717, 1.165) is 31.3 Å². The van der Waals surface area contributed by atoms with Gasteiger partial charge in [-0.2, -0.15) is 0 Å². The van der Waals surface area contributed by atoms with Gasteiger partial charge in [0.05, 0.1) is 0 Å². The van der Waals surface area contributed by atoms with Crippen LogP contribution in [0.4, 0.5) is 0 Å². The summed E-state index contributed by atoms with van der Waals surface area (Å²) >= 11 is 0. The number of allylic oxidation sites excluding steroid dienone is 1. The van der Waals surface area contributed by atoms with Gasteiger partial charge in [-0.15, -0.1) is 0 Å². The van der Waals surface area contributed by atoms with E-state index in [0.29, 0.717) is 5.78 Å². The number of carbonyl (C=O) groups is 1. The SMILES string of the molecule is Cc1c(C=C2CCCCC2=O)c2ccccc2n1C. The van der Waals surface area contributed by atoms with Gasteiger partial charge in [-0.3, -0.25) is 4.79 Å². The Morgan fingerprint density at radius 3 is 2.68 bits per heavy atom. The summed E-state index contributed by atoms with van der Waals surface area (Å²) in [6.07, 6.45) is 5.96. The van der Waals surface area contributed by atoms with Gasteiger partial charge in [0.25, 0.3) is 0 Å². The Hall–Kier alpha value is -1.83. The Kier molecular flexibility index (Phi) is 3.02. The molecule has 1 saturated carbocycles. The number of hydrogen-bond acceptors (Lipinski definition) is 1. The third-order valence-electron chi connectivity index (χ3n) is 4.23. The van der Waals surface area contributed by atoms with Gasteiger partial charge in [-0.1, -0.05) is 18.2 Å². The molecular weight excluding hydrogens is 234 g/mol. The van der Waals surface area contributed by atoms with E-state index in [4.69, 9.17) is 0 Å². The molecule has 0 unspecified atom stereocenters. The van der Waals surface area contributed by atoms with Crippen molar-refractivity contribution in [2.75, 3.05) is 0 Å². The zero-order chi connectivity index (χ0) is 13.4. The molecule has 0 saturated heterocycles. The van der Waals surface area contributed by atoms with Crippen LogP contribution in [0.1, 0.15) is 36.9 Å². The molecule has 0 N–H and O–H groups in total. The predicted molar refractivity (Wildman–Crippen MR) is 79.1 cm³/mol. The zero-order valence-corrected chi connectivity index (χ0v) is 11.6. The number of hydrogen-bond donors (Lipinski definition) is 0. The maximum Gasteiger partial charge on any atom is 0.158 e.